The Kier molecular flexibility index (Phi) is 10.9. The molecule has 4 atom stereocenters. The molecule has 0 radical (unpaired) electrons. The number of aliphatic carboxylic acids is 2. The molecule has 2 rings (SSSR count). The van der Waals surface area contributed by atoms with Crippen LogP contribution in [0.3, 0.4) is 0 Å². The molecule has 2 saturated carbocycles. The second kappa shape index (κ2) is 11.3. The first-order valence-electron chi connectivity index (χ1n) is 8.03. The first-order valence-corrected chi connectivity index (χ1v) is 10.4. The number of hydrogen-bond donors (Lipinski definition) is 8. The molecule has 14 nitrogen and oxygen atoms in total. The Bertz CT molecular complexity index is 535. The molecule has 4 unspecified atom stereocenters. The van der Waals surface area contributed by atoms with Gasteiger partial charge in [0.2, 0.25) is 0 Å². The fourth-order valence-electron chi connectivity index (χ4n) is 2.88. The zero-order valence-electron chi connectivity index (χ0n) is 14.7. The number of rotatable bonds is 2. The van der Waals surface area contributed by atoms with Crippen molar-refractivity contribution in [3.63, 3.8) is 0 Å². The van der Waals surface area contributed by atoms with Crippen LogP contribution < -0.4 is 10.2 Å². The zero-order valence-corrected chi connectivity index (χ0v) is 17.7. The Balaban J connectivity index is 0.000000477. The van der Waals surface area contributed by atoms with Gasteiger partial charge in [0.15, 0.2) is 0 Å². The molecule has 0 aromatic carbocycles. The van der Waals surface area contributed by atoms with Crippen molar-refractivity contribution < 1.29 is 85.9 Å². The minimum atomic E-state index is -2.25. The summed E-state index contributed by atoms with van der Waals surface area (Å²) in [5.74, 6) is -3.50. The van der Waals surface area contributed by atoms with E-state index in [0.717, 1.165) is 0 Å². The number of carboxylic acid groups (broad SMARTS) is 2. The van der Waals surface area contributed by atoms with Crippen LogP contribution in [0, 0.1) is 0 Å². The third kappa shape index (κ3) is 7.59. The number of carbonyl (C=O) groups is 2. The van der Waals surface area contributed by atoms with Gasteiger partial charge in [-0.05, 0) is 0 Å². The Morgan fingerprint density at radius 3 is 0.966 bits per heavy atom. The van der Waals surface area contributed by atoms with Gasteiger partial charge in [-0.1, -0.05) is 0 Å². The van der Waals surface area contributed by atoms with Gasteiger partial charge in [-0.25, -0.2) is 0 Å². The van der Waals surface area contributed by atoms with Crippen molar-refractivity contribution in [1.29, 1.82) is 0 Å². The van der Waals surface area contributed by atoms with Crippen LogP contribution in [-0.2, 0) is 34.9 Å². The van der Waals surface area contributed by atoms with Gasteiger partial charge in [-0.15, -0.1) is 0 Å². The molecule has 15 heteroatoms. The van der Waals surface area contributed by atoms with Crippen LogP contribution in [0.4, 0.5) is 0 Å². The molecule has 2 aliphatic carbocycles. The Labute approximate surface area is 171 Å². The van der Waals surface area contributed by atoms with Crippen LogP contribution >= 0.6 is 0 Å². The molecule has 2 fully saturated rings. The van der Waals surface area contributed by atoms with E-state index in [1.54, 1.807) is 0 Å². The Hall–Kier alpha value is -1.09. The number of carboxylic acids is 2. The van der Waals surface area contributed by atoms with Gasteiger partial charge < -0.3 is 60.7 Å². The summed E-state index contributed by atoms with van der Waals surface area (Å²) >= 11 is -2.25. The molecule has 0 aliphatic heterocycles. The minimum absolute atomic E-state index is 0.534. The summed E-state index contributed by atoms with van der Waals surface area (Å²) in [6, 6.07) is 0. The van der Waals surface area contributed by atoms with Gasteiger partial charge in [0.25, 0.3) is 0 Å². The van der Waals surface area contributed by atoms with Crippen molar-refractivity contribution in [3.05, 3.63) is 0 Å². The summed E-state index contributed by atoms with van der Waals surface area (Å²) in [4.78, 5) is 20.8. The summed E-state index contributed by atoms with van der Waals surface area (Å²) in [5, 5.41) is 93.8. The molecule has 170 valence electrons. The van der Waals surface area contributed by atoms with E-state index in [-0.39, 0.29) is 0 Å². The second-order valence-corrected chi connectivity index (χ2v) is 7.26. The molecule has 0 heterocycles. The molecular weight excluding hydrogens is 576 g/mol. The summed E-state index contributed by atoms with van der Waals surface area (Å²) in [6.45, 7) is 0. The maximum atomic E-state index is 10.4. The van der Waals surface area contributed by atoms with E-state index < -0.39 is 104 Å². The molecule has 0 saturated heterocycles. The van der Waals surface area contributed by atoms with Crippen molar-refractivity contribution in [2.75, 3.05) is 0 Å². The van der Waals surface area contributed by atoms with E-state index in [0.29, 0.717) is 0 Å². The van der Waals surface area contributed by atoms with Crippen molar-refractivity contribution in [2.24, 2.45) is 0 Å². The molecule has 0 amide bonds. The van der Waals surface area contributed by atoms with Crippen LogP contribution in [0.25, 0.3) is 0 Å². The van der Waals surface area contributed by atoms with Crippen LogP contribution in [0.2, 0.25) is 0 Å². The Morgan fingerprint density at radius 1 is 0.655 bits per heavy atom. The monoisotopic (exact) mass is 598 g/mol. The fraction of sp³-hybridized carbons (Fsp3) is 0.857. The average molecular weight is 598 g/mol. The number of aliphatic hydroxyl groups is 8. The quantitative estimate of drug-likeness (QED) is 0.147. The number of aliphatic hydroxyl groups excluding tert-OH is 6. The van der Waals surface area contributed by atoms with Crippen molar-refractivity contribution >= 4 is 11.9 Å². The van der Waals surface area contributed by atoms with Gasteiger partial charge in [-0.2, -0.15) is 0 Å². The van der Waals surface area contributed by atoms with Crippen molar-refractivity contribution in [2.45, 2.75) is 73.5 Å². The molecule has 0 aromatic rings. The van der Waals surface area contributed by atoms with Crippen LogP contribution in [-0.4, -0.2) is 101 Å². The van der Waals surface area contributed by atoms with Crippen molar-refractivity contribution in [1.82, 2.24) is 0 Å². The number of carbonyl (C=O) groups excluding carboxylic acids is 2. The van der Waals surface area contributed by atoms with Crippen LogP contribution in [0.5, 0.6) is 0 Å². The van der Waals surface area contributed by atoms with Crippen molar-refractivity contribution in [3.8, 4) is 0 Å². The van der Waals surface area contributed by atoms with Gasteiger partial charge in [-0.3, -0.25) is 0 Å². The predicted octanol–water partition coefficient (Wildman–Crippen LogP) is -7.55. The zero-order chi connectivity index (χ0) is 23.2. The third-order valence-corrected chi connectivity index (χ3v) is 4.52. The van der Waals surface area contributed by atoms with Gasteiger partial charge in [0.1, 0.15) is 23.4 Å². The average Bonchev–Trinajstić information content (AvgIpc) is 2.58. The first kappa shape index (κ1) is 27.9. The first-order chi connectivity index (χ1) is 13.1. The maximum absolute atomic E-state index is 10.4. The van der Waals surface area contributed by atoms with E-state index in [1.807, 2.05) is 0 Å². The van der Waals surface area contributed by atoms with Crippen LogP contribution in [0.1, 0.15) is 25.7 Å². The van der Waals surface area contributed by atoms with E-state index >= 15 is 0 Å². The molecule has 0 spiro atoms. The predicted molar refractivity (Wildman–Crippen MR) is 75.8 cm³/mol. The van der Waals surface area contributed by atoms with Gasteiger partial charge in [0.05, 0.1) is 36.4 Å². The number of hydrogen-bond acceptors (Lipinski definition) is 14. The SMILES string of the molecule is O=C([O-])C1(O)CC(O)C(O)C(O)C1.O=C([O-])C1(O)CC(O)C(O)C(O)C1.[O]=[W]=[O]. The summed E-state index contributed by atoms with van der Waals surface area (Å²) in [7, 11) is 0. The molecule has 8 N–H and O–H groups in total. The second-order valence-electron chi connectivity index (χ2n) is 6.77. The Morgan fingerprint density at radius 2 is 0.828 bits per heavy atom. The summed E-state index contributed by atoms with van der Waals surface area (Å²) in [6.07, 6.45) is -10.8. The van der Waals surface area contributed by atoms with E-state index in [2.05, 4.69) is 0 Å². The standard InChI is InChI=1S/2C7H12O6.2O.W/c2*8-3-1-7(13,6(11)12)2-4(9)5(3)10;;;/h2*3-5,8-10,13H,1-2H2,(H,11,12);;;/p-2. The van der Waals surface area contributed by atoms with E-state index in [9.17, 15) is 30.0 Å². The van der Waals surface area contributed by atoms with Crippen LogP contribution in [0.15, 0.2) is 0 Å². The molecule has 2 aliphatic rings. The van der Waals surface area contributed by atoms with Gasteiger partial charge in [0, 0.05) is 25.7 Å². The molecule has 0 aromatic heterocycles. The van der Waals surface area contributed by atoms with E-state index in [1.165, 1.54) is 0 Å². The fourth-order valence-corrected chi connectivity index (χ4v) is 2.88. The topological polar surface area (TPSA) is 276 Å². The molecule has 0 bridgehead atoms. The molecular formula is C14H22O14W-2. The summed E-state index contributed by atoms with van der Waals surface area (Å²) in [5.41, 5.74) is -4.50. The normalized spacial score (nSPS) is 41.7. The van der Waals surface area contributed by atoms with Gasteiger partial charge >= 0.3 is 25.3 Å². The van der Waals surface area contributed by atoms with E-state index in [4.69, 9.17) is 37.4 Å². The molecule has 29 heavy (non-hydrogen) atoms. The third-order valence-electron chi connectivity index (χ3n) is 4.52. The summed E-state index contributed by atoms with van der Waals surface area (Å²) < 4.78 is 17.1.